The Labute approximate surface area is 304 Å². The van der Waals surface area contributed by atoms with Crippen LogP contribution in [0.1, 0.15) is 32.3 Å². The van der Waals surface area contributed by atoms with Gasteiger partial charge in [0.2, 0.25) is 11.8 Å². The second-order valence-corrected chi connectivity index (χ2v) is 11.7. The van der Waals surface area contributed by atoms with E-state index in [4.69, 9.17) is 45.6 Å². The molecule has 0 radical (unpaired) electrons. The fourth-order valence-electron chi connectivity index (χ4n) is 4.44. The van der Waals surface area contributed by atoms with Crippen molar-refractivity contribution in [3.63, 3.8) is 0 Å². The van der Waals surface area contributed by atoms with Crippen LogP contribution in [0.4, 0.5) is 9.59 Å². The molecule has 6 amide bonds. The quantitative estimate of drug-likeness (QED) is 0.0423. The van der Waals surface area contributed by atoms with Gasteiger partial charge in [0, 0.05) is 26.1 Å². The van der Waals surface area contributed by atoms with Crippen LogP contribution >= 0.6 is 0 Å². The maximum Gasteiger partial charge on any atom is 0.405 e. The highest BCUT2D eigenvalue weighted by molar-refractivity contribution is 5.93. The number of ether oxygens (including phenoxy) is 6. The lowest BCUT2D eigenvalue weighted by Crippen LogP contribution is -2.56. The molecule has 0 saturated heterocycles. The first-order valence-electron chi connectivity index (χ1n) is 17.2. The molecule has 1 aromatic carbocycles. The van der Waals surface area contributed by atoms with Crippen molar-refractivity contribution < 1.29 is 57.5 Å². The van der Waals surface area contributed by atoms with Crippen molar-refractivity contribution in [2.45, 2.75) is 51.3 Å². The van der Waals surface area contributed by atoms with Gasteiger partial charge in [-0.2, -0.15) is 0 Å². The Morgan fingerprint density at radius 3 is 1.69 bits per heavy atom. The second kappa shape index (κ2) is 28.3. The minimum absolute atomic E-state index is 0.0264. The van der Waals surface area contributed by atoms with E-state index in [-0.39, 0.29) is 51.3 Å². The van der Waals surface area contributed by atoms with E-state index in [0.717, 1.165) is 0 Å². The molecule has 52 heavy (non-hydrogen) atoms. The number of aromatic hydroxyl groups is 1. The summed E-state index contributed by atoms with van der Waals surface area (Å²) in [6, 6.07) is 3.06. The van der Waals surface area contributed by atoms with Gasteiger partial charge in [0.05, 0.1) is 66.1 Å². The summed E-state index contributed by atoms with van der Waals surface area (Å²) in [6.45, 7) is 7.83. The summed E-state index contributed by atoms with van der Waals surface area (Å²) < 4.78 is 31.9. The standard InChI is InChI=1S/C33H57N7O12/c1-23(2)28(52-33(36)46)31(44)39-26(4-3-10-38-32(35)45)30(43)40-27(22-24-5-7-25(41)8-6-24)29(42)37-11-13-48-15-17-50-19-21-51-20-18-49-16-14-47-12-9-34/h5-8,23,26-28,41H,3-4,9-22,34H2,1-2H3,(H2,36,46)(H,37,42)(H,39,44)(H,40,43)(H3,35,38,45)/t26-,27-,28-/m0/s1. The lowest BCUT2D eigenvalue weighted by molar-refractivity contribution is -0.136. The van der Waals surface area contributed by atoms with Crippen LogP contribution < -0.4 is 38.5 Å². The van der Waals surface area contributed by atoms with Crippen LogP contribution in [0.2, 0.25) is 0 Å². The van der Waals surface area contributed by atoms with Gasteiger partial charge in [0.25, 0.3) is 5.91 Å². The van der Waals surface area contributed by atoms with Crippen molar-refractivity contribution in [2.75, 3.05) is 85.7 Å². The highest BCUT2D eigenvalue weighted by atomic mass is 16.6. The van der Waals surface area contributed by atoms with Gasteiger partial charge in [-0.1, -0.05) is 26.0 Å². The molecule has 0 bridgehead atoms. The molecule has 0 aliphatic rings. The number of hydrogen-bond donors (Lipinski definition) is 8. The molecule has 1 aromatic rings. The predicted molar refractivity (Wildman–Crippen MR) is 188 cm³/mol. The average molecular weight is 744 g/mol. The molecule has 296 valence electrons. The van der Waals surface area contributed by atoms with Crippen molar-refractivity contribution in [2.24, 2.45) is 23.1 Å². The van der Waals surface area contributed by atoms with E-state index < -0.39 is 54.0 Å². The Morgan fingerprint density at radius 2 is 1.19 bits per heavy atom. The van der Waals surface area contributed by atoms with Crippen molar-refractivity contribution in [3.05, 3.63) is 29.8 Å². The SMILES string of the molecule is CC(C)[C@H](OC(N)=O)C(=O)N[C@@H](CCCNC(N)=O)C(=O)N[C@@H](Cc1ccc(O)cc1)C(=O)NCCOCCOCCOCCOCCOCCN. The number of urea groups is 1. The summed E-state index contributed by atoms with van der Waals surface area (Å²) in [4.78, 5) is 62.4. The molecular formula is C33H57N7O12. The van der Waals surface area contributed by atoms with E-state index in [2.05, 4.69) is 21.3 Å². The molecule has 0 unspecified atom stereocenters. The van der Waals surface area contributed by atoms with Crippen LogP contribution in [0.3, 0.4) is 0 Å². The van der Waals surface area contributed by atoms with Crippen LogP contribution in [0.5, 0.6) is 5.75 Å². The fraction of sp³-hybridized carbons (Fsp3) is 0.667. The average Bonchev–Trinajstić information content (AvgIpc) is 3.09. The minimum Gasteiger partial charge on any atom is -0.508 e. The molecule has 1 rings (SSSR count). The van der Waals surface area contributed by atoms with E-state index in [0.29, 0.717) is 65.0 Å². The largest absolute Gasteiger partial charge is 0.508 e. The van der Waals surface area contributed by atoms with E-state index in [1.54, 1.807) is 26.0 Å². The molecule has 19 nitrogen and oxygen atoms in total. The van der Waals surface area contributed by atoms with Crippen LogP contribution in [-0.4, -0.2) is 139 Å². The van der Waals surface area contributed by atoms with Gasteiger partial charge in [-0.15, -0.1) is 0 Å². The summed E-state index contributed by atoms with van der Waals surface area (Å²) in [5, 5.41) is 20.1. The van der Waals surface area contributed by atoms with Crippen molar-refractivity contribution in [1.82, 2.24) is 21.3 Å². The van der Waals surface area contributed by atoms with Gasteiger partial charge in [0.15, 0.2) is 6.10 Å². The first-order valence-corrected chi connectivity index (χ1v) is 17.2. The third-order valence-electron chi connectivity index (χ3n) is 7.01. The Bertz CT molecular complexity index is 1180. The second-order valence-electron chi connectivity index (χ2n) is 11.7. The summed E-state index contributed by atoms with van der Waals surface area (Å²) in [7, 11) is 0. The number of nitrogens with two attached hydrogens (primary N) is 3. The summed E-state index contributed by atoms with van der Waals surface area (Å²) in [6.07, 6.45) is -2.13. The van der Waals surface area contributed by atoms with Gasteiger partial charge in [-0.25, -0.2) is 9.59 Å². The van der Waals surface area contributed by atoms with Gasteiger partial charge in [0.1, 0.15) is 17.8 Å². The number of phenols is 1. The van der Waals surface area contributed by atoms with Crippen LogP contribution in [0.15, 0.2) is 24.3 Å². The Balaban J connectivity index is 2.67. The topological polar surface area (TPSA) is 287 Å². The third kappa shape index (κ3) is 22.5. The number of hydrogen-bond acceptors (Lipinski definition) is 13. The first-order chi connectivity index (χ1) is 24.9. The number of nitrogens with one attached hydrogen (secondary N) is 4. The molecule has 11 N–H and O–H groups in total. The van der Waals surface area contributed by atoms with Crippen molar-refractivity contribution in [3.8, 4) is 5.75 Å². The summed E-state index contributed by atoms with van der Waals surface area (Å²) in [5.41, 5.74) is 16.2. The van der Waals surface area contributed by atoms with Crippen molar-refractivity contribution in [1.29, 1.82) is 0 Å². The molecule has 0 aliphatic carbocycles. The number of rotatable bonds is 30. The zero-order valence-electron chi connectivity index (χ0n) is 30.1. The number of phenolic OH excluding ortho intramolecular Hbond substituents is 1. The lowest BCUT2D eigenvalue weighted by Gasteiger charge is -2.26. The minimum atomic E-state index is -1.28. The molecule has 0 aromatic heterocycles. The van der Waals surface area contributed by atoms with Crippen molar-refractivity contribution >= 4 is 29.8 Å². The molecule has 0 aliphatic heterocycles. The predicted octanol–water partition coefficient (Wildman–Crippen LogP) is -1.37. The zero-order valence-corrected chi connectivity index (χ0v) is 30.1. The molecular weight excluding hydrogens is 686 g/mol. The maximum atomic E-state index is 13.6. The molecule has 0 heterocycles. The normalized spacial score (nSPS) is 12.8. The van der Waals surface area contributed by atoms with Crippen LogP contribution in [-0.2, 0) is 49.2 Å². The Hall–Kier alpha value is -4.27. The molecule has 19 heteroatoms. The van der Waals surface area contributed by atoms with E-state index >= 15 is 0 Å². The third-order valence-corrected chi connectivity index (χ3v) is 7.01. The molecule has 0 spiro atoms. The zero-order chi connectivity index (χ0) is 38.6. The number of primary amides is 2. The summed E-state index contributed by atoms with van der Waals surface area (Å²) in [5.74, 6) is -2.44. The van der Waals surface area contributed by atoms with Crippen LogP contribution in [0.25, 0.3) is 0 Å². The Morgan fingerprint density at radius 1 is 0.673 bits per heavy atom. The van der Waals surface area contributed by atoms with Crippen LogP contribution in [0, 0.1) is 5.92 Å². The van der Waals surface area contributed by atoms with Gasteiger partial charge in [-0.3, -0.25) is 14.4 Å². The molecule has 3 atom stereocenters. The Kier molecular flexibility index (Phi) is 24.9. The monoisotopic (exact) mass is 743 g/mol. The van der Waals surface area contributed by atoms with Gasteiger partial charge < -0.3 is 72.0 Å². The van der Waals surface area contributed by atoms with E-state index in [1.165, 1.54) is 12.1 Å². The fourth-order valence-corrected chi connectivity index (χ4v) is 4.44. The molecule has 0 fully saturated rings. The van der Waals surface area contributed by atoms with Gasteiger partial charge >= 0.3 is 12.1 Å². The number of benzene rings is 1. The van der Waals surface area contributed by atoms with E-state index in [9.17, 15) is 29.1 Å². The van der Waals surface area contributed by atoms with Gasteiger partial charge in [-0.05, 0) is 36.5 Å². The highest BCUT2D eigenvalue weighted by Gasteiger charge is 2.31. The smallest absolute Gasteiger partial charge is 0.405 e. The summed E-state index contributed by atoms with van der Waals surface area (Å²) >= 11 is 0. The number of carbonyl (C=O) groups excluding carboxylic acids is 5. The lowest BCUT2D eigenvalue weighted by atomic mass is 10.0. The first kappa shape index (κ1) is 45.8. The highest BCUT2D eigenvalue weighted by Crippen LogP contribution is 2.13. The van der Waals surface area contributed by atoms with E-state index in [1.807, 2.05) is 0 Å². The maximum absolute atomic E-state index is 13.6. The number of carbonyl (C=O) groups is 5. The number of amides is 6. The molecule has 0 saturated carbocycles.